The molecule has 2 rings (SSSR count). The van der Waals surface area contributed by atoms with Gasteiger partial charge in [-0.2, -0.15) is 0 Å². The summed E-state index contributed by atoms with van der Waals surface area (Å²) in [7, 11) is 0. The molecule has 0 amide bonds. The molecular formula is C15H22Br2N2. The topological polar surface area (TPSA) is 38.0 Å². The fraction of sp³-hybridized carbons (Fsp3) is 0.600. The number of nitrogens with two attached hydrogens (primary N) is 1. The fourth-order valence-corrected chi connectivity index (χ4v) is 4.59. The molecule has 0 aromatic heterocycles. The second kappa shape index (κ2) is 7.21. The van der Waals surface area contributed by atoms with Gasteiger partial charge in [-0.05, 0) is 48.4 Å². The first-order chi connectivity index (χ1) is 9.13. The molecule has 1 aliphatic carbocycles. The molecule has 3 N–H and O–H groups in total. The fourth-order valence-electron chi connectivity index (χ4n) is 3.27. The highest BCUT2D eigenvalue weighted by molar-refractivity contribution is 9.11. The minimum Gasteiger partial charge on any atom is -0.271 e. The Bertz CT molecular complexity index is 402. The molecule has 2 nitrogen and oxygen atoms in total. The lowest BCUT2D eigenvalue weighted by Gasteiger charge is -2.34. The third-order valence-corrected chi connectivity index (χ3v) is 5.21. The van der Waals surface area contributed by atoms with Crippen molar-refractivity contribution in [3.05, 3.63) is 32.7 Å². The first-order valence-corrected chi connectivity index (χ1v) is 8.64. The van der Waals surface area contributed by atoms with Crippen LogP contribution < -0.4 is 11.3 Å². The summed E-state index contributed by atoms with van der Waals surface area (Å²) in [4.78, 5) is 0. The van der Waals surface area contributed by atoms with Gasteiger partial charge in [-0.15, -0.1) is 0 Å². The van der Waals surface area contributed by atoms with Gasteiger partial charge in [0, 0.05) is 15.0 Å². The highest BCUT2D eigenvalue weighted by Gasteiger charge is 2.28. The van der Waals surface area contributed by atoms with Crippen LogP contribution in [0.15, 0.2) is 27.1 Å². The molecule has 106 valence electrons. The van der Waals surface area contributed by atoms with E-state index >= 15 is 0 Å². The molecule has 1 aliphatic rings. The van der Waals surface area contributed by atoms with Crippen molar-refractivity contribution in [2.75, 3.05) is 0 Å². The summed E-state index contributed by atoms with van der Waals surface area (Å²) in [5.74, 6) is 7.35. The molecule has 1 fully saturated rings. The number of rotatable bonds is 4. The van der Waals surface area contributed by atoms with Gasteiger partial charge in [-0.25, -0.2) is 0 Å². The maximum atomic E-state index is 5.84. The van der Waals surface area contributed by atoms with Gasteiger partial charge in [0.05, 0.1) is 0 Å². The summed E-state index contributed by atoms with van der Waals surface area (Å²) in [5, 5.41) is 0. The smallest absolute Gasteiger partial charge is 0.0489 e. The lowest BCUT2D eigenvalue weighted by atomic mass is 9.75. The van der Waals surface area contributed by atoms with Gasteiger partial charge in [-0.3, -0.25) is 11.3 Å². The molecule has 0 saturated heterocycles. The van der Waals surface area contributed by atoms with Crippen molar-refractivity contribution >= 4 is 31.9 Å². The Morgan fingerprint density at radius 1 is 1.26 bits per heavy atom. The quantitative estimate of drug-likeness (QED) is 0.565. The van der Waals surface area contributed by atoms with E-state index in [2.05, 4.69) is 62.4 Å². The third-order valence-electron chi connectivity index (χ3n) is 4.30. The minimum atomic E-state index is 0.253. The minimum absolute atomic E-state index is 0.253. The lowest BCUT2D eigenvalue weighted by molar-refractivity contribution is 0.210. The van der Waals surface area contributed by atoms with E-state index in [0.29, 0.717) is 5.92 Å². The van der Waals surface area contributed by atoms with Crippen molar-refractivity contribution in [2.24, 2.45) is 17.7 Å². The van der Waals surface area contributed by atoms with Crippen molar-refractivity contribution in [1.29, 1.82) is 0 Å². The van der Waals surface area contributed by atoms with Crippen LogP contribution in [0.5, 0.6) is 0 Å². The monoisotopic (exact) mass is 388 g/mol. The van der Waals surface area contributed by atoms with Crippen molar-refractivity contribution in [3.63, 3.8) is 0 Å². The van der Waals surface area contributed by atoms with Crippen LogP contribution >= 0.6 is 31.9 Å². The number of hydrogen-bond acceptors (Lipinski definition) is 2. The lowest BCUT2D eigenvalue weighted by Crippen LogP contribution is -2.35. The number of halogens is 2. The van der Waals surface area contributed by atoms with Gasteiger partial charge < -0.3 is 0 Å². The molecule has 0 aliphatic heterocycles. The zero-order valence-corrected chi connectivity index (χ0v) is 14.5. The van der Waals surface area contributed by atoms with Crippen molar-refractivity contribution in [3.8, 4) is 0 Å². The molecule has 1 aromatic carbocycles. The Balaban J connectivity index is 2.18. The average molecular weight is 390 g/mol. The maximum absolute atomic E-state index is 5.84. The van der Waals surface area contributed by atoms with E-state index in [1.165, 1.54) is 37.7 Å². The Morgan fingerprint density at radius 2 is 1.95 bits per heavy atom. The van der Waals surface area contributed by atoms with Crippen LogP contribution in [0.25, 0.3) is 0 Å². The number of hydrogen-bond donors (Lipinski definition) is 2. The molecule has 3 unspecified atom stereocenters. The van der Waals surface area contributed by atoms with Crippen molar-refractivity contribution in [1.82, 2.24) is 5.43 Å². The molecule has 0 spiro atoms. The number of benzene rings is 1. The van der Waals surface area contributed by atoms with E-state index in [1.54, 1.807) is 0 Å². The van der Waals surface area contributed by atoms with E-state index < -0.39 is 0 Å². The van der Waals surface area contributed by atoms with E-state index in [9.17, 15) is 0 Å². The summed E-state index contributed by atoms with van der Waals surface area (Å²) in [6.45, 7) is 2.30. The van der Waals surface area contributed by atoms with E-state index in [1.807, 2.05) is 0 Å². The van der Waals surface area contributed by atoms with Crippen LogP contribution in [-0.4, -0.2) is 0 Å². The Morgan fingerprint density at radius 3 is 2.53 bits per heavy atom. The van der Waals surface area contributed by atoms with Crippen LogP contribution in [-0.2, 0) is 0 Å². The molecule has 0 radical (unpaired) electrons. The SMILES string of the molecule is CCC1CCCC(C(NN)c2cc(Br)cc(Br)c2)C1. The highest BCUT2D eigenvalue weighted by atomic mass is 79.9. The van der Waals surface area contributed by atoms with Crippen LogP contribution in [0, 0.1) is 11.8 Å². The van der Waals surface area contributed by atoms with Gasteiger partial charge >= 0.3 is 0 Å². The van der Waals surface area contributed by atoms with Gasteiger partial charge in [0.15, 0.2) is 0 Å². The molecule has 1 saturated carbocycles. The Labute approximate surface area is 132 Å². The van der Waals surface area contributed by atoms with Crippen LogP contribution in [0.1, 0.15) is 50.6 Å². The molecule has 19 heavy (non-hydrogen) atoms. The second-order valence-corrected chi connectivity index (χ2v) is 7.38. The van der Waals surface area contributed by atoms with E-state index in [-0.39, 0.29) is 6.04 Å². The van der Waals surface area contributed by atoms with Gasteiger partial charge in [0.25, 0.3) is 0 Å². The van der Waals surface area contributed by atoms with Gasteiger partial charge in [0.2, 0.25) is 0 Å². The Hall–Kier alpha value is 0.1000. The number of hydrazine groups is 1. The van der Waals surface area contributed by atoms with Crippen molar-refractivity contribution in [2.45, 2.75) is 45.1 Å². The Kier molecular flexibility index (Phi) is 5.87. The average Bonchev–Trinajstić information content (AvgIpc) is 2.39. The van der Waals surface area contributed by atoms with Crippen LogP contribution in [0.4, 0.5) is 0 Å². The van der Waals surface area contributed by atoms with Crippen molar-refractivity contribution < 1.29 is 0 Å². The summed E-state index contributed by atoms with van der Waals surface area (Å²) >= 11 is 7.12. The second-order valence-electron chi connectivity index (χ2n) is 5.55. The summed E-state index contributed by atoms with van der Waals surface area (Å²) in [5.41, 5.74) is 4.31. The first kappa shape index (κ1) is 15.5. The highest BCUT2D eigenvalue weighted by Crippen LogP contribution is 2.39. The normalized spacial score (nSPS) is 25.3. The summed E-state index contributed by atoms with van der Waals surface area (Å²) in [6.07, 6.45) is 6.56. The summed E-state index contributed by atoms with van der Waals surface area (Å²) in [6, 6.07) is 6.66. The third kappa shape index (κ3) is 4.03. The molecule has 4 heteroatoms. The predicted molar refractivity (Wildman–Crippen MR) is 87.6 cm³/mol. The maximum Gasteiger partial charge on any atom is 0.0489 e. The molecule has 0 heterocycles. The molecular weight excluding hydrogens is 368 g/mol. The largest absolute Gasteiger partial charge is 0.271 e. The standard InChI is InChI=1S/C15H22Br2N2/c1-2-10-4-3-5-11(6-10)15(19-18)12-7-13(16)9-14(17)8-12/h7-11,15,19H,2-6,18H2,1H3. The van der Waals surface area contributed by atoms with Crippen LogP contribution in [0.2, 0.25) is 0 Å². The molecule has 0 bridgehead atoms. The summed E-state index contributed by atoms with van der Waals surface area (Å²) < 4.78 is 2.19. The van der Waals surface area contributed by atoms with E-state index in [4.69, 9.17) is 5.84 Å². The van der Waals surface area contributed by atoms with Gasteiger partial charge in [-0.1, -0.05) is 58.0 Å². The molecule has 1 aromatic rings. The van der Waals surface area contributed by atoms with Gasteiger partial charge in [0.1, 0.15) is 0 Å². The zero-order chi connectivity index (χ0) is 13.8. The molecule has 3 atom stereocenters. The number of nitrogens with one attached hydrogen (secondary N) is 1. The van der Waals surface area contributed by atoms with E-state index in [0.717, 1.165) is 14.9 Å². The van der Waals surface area contributed by atoms with Crippen LogP contribution in [0.3, 0.4) is 0 Å². The zero-order valence-electron chi connectivity index (χ0n) is 11.3. The predicted octanol–water partition coefficient (Wildman–Crippen LogP) is 4.93. The first-order valence-electron chi connectivity index (χ1n) is 7.06.